The number of hydrogen-bond acceptors (Lipinski definition) is 4. The smallest absolute Gasteiger partial charge is 0.416 e. The summed E-state index contributed by atoms with van der Waals surface area (Å²) in [5.41, 5.74) is 0.812. The van der Waals surface area contributed by atoms with E-state index in [-0.39, 0.29) is 17.8 Å². The summed E-state index contributed by atoms with van der Waals surface area (Å²) in [4.78, 5) is 12.2. The molecule has 0 saturated heterocycles. The highest BCUT2D eigenvalue weighted by molar-refractivity contribution is 5.94. The number of hydrogen-bond donors (Lipinski definition) is 1. The van der Waals surface area contributed by atoms with Crippen LogP contribution >= 0.6 is 0 Å². The van der Waals surface area contributed by atoms with Crippen LogP contribution < -0.4 is 10.1 Å². The predicted octanol–water partition coefficient (Wildman–Crippen LogP) is 5.40. The van der Waals surface area contributed by atoms with Crippen molar-refractivity contribution in [2.45, 2.75) is 33.0 Å². The van der Waals surface area contributed by atoms with E-state index in [0.29, 0.717) is 28.1 Å². The van der Waals surface area contributed by atoms with Crippen molar-refractivity contribution in [2.24, 2.45) is 0 Å². The van der Waals surface area contributed by atoms with Crippen molar-refractivity contribution in [2.75, 3.05) is 0 Å². The number of carbonyl (C=O) groups is 1. The summed E-state index contributed by atoms with van der Waals surface area (Å²) in [5, 5.41) is 10.7. The third-order valence-electron chi connectivity index (χ3n) is 4.11. The van der Waals surface area contributed by atoms with E-state index in [4.69, 9.17) is 4.74 Å². The lowest BCUT2D eigenvalue weighted by molar-refractivity contribution is -0.137. The van der Waals surface area contributed by atoms with E-state index in [0.717, 1.165) is 12.1 Å². The molecule has 0 fully saturated rings. The van der Waals surface area contributed by atoms with Gasteiger partial charge >= 0.3 is 6.18 Å². The second-order valence-electron chi connectivity index (χ2n) is 7.04. The van der Waals surface area contributed by atoms with Crippen LogP contribution in [-0.4, -0.2) is 22.1 Å². The zero-order chi connectivity index (χ0) is 21.9. The Hall–Kier alpha value is -3.42. The SMILES string of the molecule is Cc1cc(-c2cccc(C(F)(F)F)c2)c(Oc2cccc(C(=O)NC(C)C)c2)nn1. The van der Waals surface area contributed by atoms with Gasteiger partial charge in [-0.15, -0.1) is 5.10 Å². The summed E-state index contributed by atoms with van der Waals surface area (Å²) in [5.74, 6) is 0.0997. The van der Waals surface area contributed by atoms with Crippen molar-refractivity contribution < 1.29 is 22.7 Å². The third kappa shape index (κ3) is 5.14. The first-order valence-electron chi connectivity index (χ1n) is 9.24. The molecule has 0 aliphatic heterocycles. The van der Waals surface area contributed by atoms with E-state index in [1.54, 1.807) is 37.3 Å². The lowest BCUT2D eigenvalue weighted by Crippen LogP contribution is -2.29. The standard InChI is InChI=1S/C22H20F3N3O2/c1-13(2)26-20(29)16-7-5-9-18(12-16)30-21-19(10-14(3)27-28-21)15-6-4-8-17(11-15)22(23,24)25/h4-13H,1-3H3,(H,26,29). The molecule has 0 saturated carbocycles. The van der Waals surface area contributed by atoms with Crippen LogP contribution in [0.1, 0.15) is 35.5 Å². The number of carbonyl (C=O) groups excluding carboxylic acids is 1. The number of nitrogens with zero attached hydrogens (tertiary/aromatic N) is 2. The zero-order valence-corrected chi connectivity index (χ0v) is 16.6. The van der Waals surface area contributed by atoms with Gasteiger partial charge in [-0.3, -0.25) is 4.79 Å². The van der Waals surface area contributed by atoms with Gasteiger partial charge in [-0.2, -0.15) is 18.3 Å². The van der Waals surface area contributed by atoms with Crippen molar-refractivity contribution >= 4 is 5.91 Å². The fourth-order valence-corrected chi connectivity index (χ4v) is 2.78. The summed E-state index contributed by atoms with van der Waals surface area (Å²) >= 11 is 0. The van der Waals surface area contributed by atoms with Crippen molar-refractivity contribution in [3.63, 3.8) is 0 Å². The quantitative estimate of drug-likeness (QED) is 0.606. The molecule has 8 heteroatoms. The predicted molar refractivity (Wildman–Crippen MR) is 106 cm³/mol. The van der Waals surface area contributed by atoms with Gasteiger partial charge in [0.05, 0.1) is 11.3 Å². The Morgan fingerprint density at radius 3 is 2.47 bits per heavy atom. The topological polar surface area (TPSA) is 64.1 Å². The fourth-order valence-electron chi connectivity index (χ4n) is 2.78. The highest BCUT2D eigenvalue weighted by Gasteiger charge is 2.30. The summed E-state index contributed by atoms with van der Waals surface area (Å²) < 4.78 is 45.2. The molecule has 0 spiro atoms. The second-order valence-corrected chi connectivity index (χ2v) is 7.04. The number of aromatic nitrogens is 2. The Labute approximate surface area is 171 Å². The number of amides is 1. The van der Waals surface area contributed by atoms with Crippen LogP contribution in [0, 0.1) is 6.92 Å². The molecule has 1 amide bonds. The molecule has 2 aromatic carbocycles. The lowest BCUT2D eigenvalue weighted by Gasteiger charge is -2.13. The van der Waals surface area contributed by atoms with Crippen LogP contribution in [0.4, 0.5) is 13.2 Å². The molecule has 3 aromatic rings. The number of benzene rings is 2. The molecule has 0 atom stereocenters. The minimum Gasteiger partial charge on any atom is -0.437 e. The first-order chi connectivity index (χ1) is 14.1. The summed E-state index contributed by atoms with van der Waals surface area (Å²) in [6.07, 6.45) is -4.47. The molecule has 5 nitrogen and oxygen atoms in total. The number of rotatable bonds is 5. The second kappa shape index (κ2) is 8.52. The molecule has 0 radical (unpaired) electrons. The molecule has 0 aliphatic carbocycles. The van der Waals surface area contributed by atoms with Gasteiger partial charge in [0.2, 0.25) is 5.88 Å². The number of ether oxygens (including phenoxy) is 1. The Morgan fingerprint density at radius 1 is 1.03 bits per heavy atom. The third-order valence-corrected chi connectivity index (χ3v) is 4.11. The van der Waals surface area contributed by atoms with Crippen molar-refractivity contribution in [3.8, 4) is 22.8 Å². The normalized spacial score (nSPS) is 11.4. The maximum atomic E-state index is 13.1. The van der Waals surface area contributed by atoms with Gasteiger partial charge < -0.3 is 10.1 Å². The van der Waals surface area contributed by atoms with Gasteiger partial charge in [0, 0.05) is 17.2 Å². The molecule has 156 valence electrons. The Bertz CT molecular complexity index is 1070. The molecule has 1 aromatic heterocycles. The lowest BCUT2D eigenvalue weighted by atomic mass is 10.0. The van der Waals surface area contributed by atoms with E-state index in [2.05, 4.69) is 15.5 Å². The molecule has 0 aliphatic rings. The van der Waals surface area contributed by atoms with Crippen LogP contribution in [0.3, 0.4) is 0 Å². The van der Waals surface area contributed by atoms with Gasteiger partial charge in [-0.25, -0.2) is 0 Å². The van der Waals surface area contributed by atoms with E-state index in [1.807, 2.05) is 13.8 Å². The number of halogens is 3. The molecule has 0 unspecified atom stereocenters. The Kier molecular flexibility index (Phi) is 6.05. The number of nitrogens with one attached hydrogen (secondary N) is 1. The van der Waals surface area contributed by atoms with Gasteiger partial charge in [-0.05, 0) is 62.7 Å². The monoisotopic (exact) mass is 415 g/mol. The van der Waals surface area contributed by atoms with Crippen molar-refractivity contribution in [3.05, 3.63) is 71.4 Å². The number of aryl methyl sites for hydroxylation is 1. The summed E-state index contributed by atoms with van der Waals surface area (Å²) in [6, 6.07) is 12.9. The molecular formula is C22H20F3N3O2. The maximum absolute atomic E-state index is 13.1. The van der Waals surface area contributed by atoms with Crippen molar-refractivity contribution in [1.82, 2.24) is 15.5 Å². The van der Waals surface area contributed by atoms with Gasteiger partial charge in [0.15, 0.2) is 0 Å². The van der Waals surface area contributed by atoms with E-state index in [1.165, 1.54) is 12.1 Å². The average Bonchev–Trinajstić information content (AvgIpc) is 2.68. The molecule has 1 N–H and O–H groups in total. The minimum atomic E-state index is -4.47. The van der Waals surface area contributed by atoms with E-state index < -0.39 is 11.7 Å². The van der Waals surface area contributed by atoms with E-state index >= 15 is 0 Å². The average molecular weight is 415 g/mol. The highest BCUT2D eigenvalue weighted by Crippen LogP contribution is 2.36. The van der Waals surface area contributed by atoms with Gasteiger partial charge in [-0.1, -0.05) is 18.2 Å². The minimum absolute atomic E-state index is 0.0300. The van der Waals surface area contributed by atoms with Crippen LogP contribution in [0.5, 0.6) is 11.6 Å². The van der Waals surface area contributed by atoms with Crippen LogP contribution in [-0.2, 0) is 6.18 Å². The molecule has 1 heterocycles. The van der Waals surface area contributed by atoms with Crippen LogP contribution in [0.2, 0.25) is 0 Å². The van der Waals surface area contributed by atoms with Crippen LogP contribution in [0.15, 0.2) is 54.6 Å². The first kappa shape index (κ1) is 21.3. The Morgan fingerprint density at radius 2 is 1.77 bits per heavy atom. The Balaban J connectivity index is 1.97. The van der Waals surface area contributed by atoms with Gasteiger partial charge in [0.1, 0.15) is 5.75 Å². The molecule has 0 bridgehead atoms. The highest BCUT2D eigenvalue weighted by atomic mass is 19.4. The van der Waals surface area contributed by atoms with E-state index in [9.17, 15) is 18.0 Å². The zero-order valence-electron chi connectivity index (χ0n) is 16.6. The number of alkyl halides is 3. The maximum Gasteiger partial charge on any atom is 0.416 e. The molecule has 3 rings (SSSR count). The first-order valence-corrected chi connectivity index (χ1v) is 9.24. The van der Waals surface area contributed by atoms with Crippen molar-refractivity contribution in [1.29, 1.82) is 0 Å². The summed E-state index contributed by atoms with van der Waals surface area (Å²) in [6.45, 7) is 5.38. The van der Waals surface area contributed by atoms with Gasteiger partial charge in [0.25, 0.3) is 5.91 Å². The summed E-state index contributed by atoms with van der Waals surface area (Å²) in [7, 11) is 0. The molecular weight excluding hydrogens is 395 g/mol. The fraction of sp³-hybridized carbons (Fsp3) is 0.227. The van der Waals surface area contributed by atoms with Crippen LogP contribution in [0.25, 0.3) is 11.1 Å². The largest absolute Gasteiger partial charge is 0.437 e. The molecule has 30 heavy (non-hydrogen) atoms.